The Balaban J connectivity index is 2.05. The summed E-state index contributed by atoms with van der Waals surface area (Å²) in [5, 5.41) is 0. The number of rotatable bonds is 3. The van der Waals surface area contributed by atoms with Crippen molar-refractivity contribution in [3.63, 3.8) is 0 Å². The van der Waals surface area contributed by atoms with Gasteiger partial charge in [0.2, 0.25) is 0 Å². The molecule has 66 valence electrons. The minimum Gasteiger partial charge on any atom is -0.303 e. The highest BCUT2D eigenvalue weighted by Crippen LogP contribution is 2.15. The molecule has 0 aliphatic carbocycles. The van der Waals surface area contributed by atoms with Gasteiger partial charge in [-0.3, -0.25) is 0 Å². The predicted octanol–water partition coefficient (Wildman–Crippen LogP) is 2.98. The first-order valence-corrected chi connectivity index (χ1v) is 6.12. The second-order valence-electron chi connectivity index (χ2n) is 3.08. The molecule has 0 aromatic rings. The van der Waals surface area contributed by atoms with Crippen LogP contribution in [0.1, 0.15) is 25.7 Å². The van der Waals surface area contributed by atoms with Crippen LogP contribution >= 0.6 is 31.9 Å². The lowest BCUT2D eigenvalue weighted by Gasteiger charge is -2.26. The number of hydrogen-bond acceptors (Lipinski definition) is 1. The van der Waals surface area contributed by atoms with E-state index >= 15 is 0 Å². The lowest BCUT2D eigenvalue weighted by molar-refractivity contribution is 0.229. The van der Waals surface area contributed by atoms with E-state index in [2.05, 4.69) is 36.8 Å². The molecule has 11 heavy (non-hydrogen) atoms. The van der Waals surface area contributed by atoms with Crippen molar-refractivity contribution in [1.82, 2.24) is 4.90 Å². The van der Waals surface area contributed by atoms with Crippen LogP contribution in [-0.4, -0.2) is 28.3 Å². The fourth-order valence-corrected chi connectivity index (χ4v) is 1.87. The minimum absolute atomic E-state index is 0.497. The Hall–Kier alpha value is 0.920. The fourth-order valence-electron chi connectivity index (χ4n) is 1.46. The summed E-state index contributed by atoms with van der Waals surface area (Å²) in [5.74, 6) is 0. The van der Waals surface area contributed by atoms with E-state index < -0.39 is 0 Å². The van der Waals surface area contributed by atoms with Crippen molar-refractivity contribution in [3.8, 4) is 0 Å². The van der Waals surface area contributed by atoms with Gasteiger partial charge in [0.15, 0.2) is 0 Å². The van der Waals surface area contributed by atoms with Crippen LogP contribution in [-0.2, 0) is 0 Å². The van der Waals surface area contributed by atoms with Crippen LogP contribution in [0.25, 0.3) is 0 Å². The Morgan fingerprint density at radius 2 is 1.73 bits per heavy atom. The number of likely N-dealkylation sites (tertiary alicyclic amines) is 1. The van der Waals surface area contributed by atoms with Gasteiger partial charge in [-0.25, -0.2) is 0 Å². The minimum atomic E-state index is 0.497. The van der Waals surface area contributed by atoms with Gasteiger partial charge in [-0.05, 0) is 32.4 Å². The van der Waals surface area contributed by atoms with E-state index in [1.54, 1.807) is 0 Å². The molecule has 3 heteroatoms. The third-order valence-corrected chi connectivity index (χ3v) is 3.03. The molecule has 0 atom stereocenters. The van der Waals surface area contributed by atoms with Crippen LogP contribution < -0.4 is 0 Å². The molecule has 1 heterocycles. The normalized spacial score (nSPS) is 21.0. The van der Waals surface area contributed by atoms with Crippen LogP contribution in [0.5, 0.6) is 0 Å². The molecule has 0 aromatic carbocycles. The SMILES string of the molecule is BrC(Br)CCN1CCCCC1. The van der Waals surface area contributed by atoms with Gasteiger partial charge in [0.1, 0.15) is 0 Å². The average molecular weight is 285 g/mol. The van der Waals surface area contributed by atoms with Gasteiger partial charge in [0.05, 0.1) is 3.74 Å². The molecule has 0 N–H and O–H groups in total. The zero-order valence-electron chi connectivity index (χ0n) is 6.73. The van der Waals surface area contributed by atoms with Crippen molar-refractivity contribution in [2.24, 2.45) is 0 Å². The van der Waals surface area contributed by atoms with Gasteiger partial charge in [-0.1, -0.05) is 38.3 Å². The van der Waals surface area contributed by atoms with Crippen LogP contribution in [0.15, 0.2) is 0 Å². The maximum Gasteiger partial charge on any atom is 0.0710 e. The first-order chi connectivity index (χ1) is 5.29. The molecule has 1 aliphatic heterocycles. The van der Waals surface area contributed by atoms with E-state index in [4.69, 9.17) is 0 Å². The van der Waals surface area contributed by atoms with E-state index in [-0.39, 0.29) is 0 Å². The third kappa shape index (κ3) is 4.48. The van der Waals surface area contributed by atoms with Crippen molar-refractivity contribution in [1.29, 1.82) is 0 Å². The van der Waals surface area contributed by atoms with Gasteiger partial charge in [0.25, 0.3) is 0 Å². The quantitative estimate of drug-likeness (QED) is 0.721. The molecule has 0 saturated carbocycles. The number of alkyl halides is 2. The molecule has 0 aromatic heterocycles. The Bertz CT molecular complexity index is 100. The molecule has 0 unspecified atom stereocenters. The maximum absolute atomic E-state index is 3.49. The molecule has 0 radical (unpaired) electrons. The molecule has 1 fully saturated rings. The van der Waals surface area contributed by atoms with E-state index in [0.29, 0.717) is 3.74 Å². The summed E-state index contributed by atoms with van der Waals surface area (Å²) < 4.78 is 0.497. The van der Waals surface area contributed by atoms with E-state index in [1.807, 2.05) is 0 Å². The van der Waals surface area contributed by atoms with Crippen molar-refractivity contribution >= 4 is 31.9 Å². The highest BCUT2D eigenvalue weighted by atomic mass is 79.9. The second-order valence-corrected chi connectivity index (χ2v) is 6.52. The third-order valence-electron chi connectivity index (χ3n) is 2.11. The number of piperidine rings is 1. The summed E-state index contributed by atoms with van der Waals surface area (Å²) >= 11 is 6.98. The second kappa shape index (κ2) is 5.55. The zero-order valence-corrected chi connectivity index (χ0v) is 9.90. The van der Waals surface area contributed by atoms with Crippen molar-refractivity contribution in [2.75, 3.05) is 19.6 Å². The van der Waals surface area contributed by atoms with Crippen LogP contribution in [0.3, 0.4) is 0 Å². The molecular weight excluding hydrogens is 270 g/mol. The Kier molecular flexibility index (Phi) is 5.04. The highest BCUT2D eigenvalue weighted by Gasteiger charge is 2.10. The summed E-state index contributed by atoms with van der Waals surface area (Å²) in [5.41, 5.74) is 0. The molecule has 0 amide bonds. The topological polar surface area (TPSA) is 3.24 Å². The van der Waals surface area contributed by atoms with Crippen molar-refractivity contribution < 1.29 is 0 Å². The number of nitrogens with zero attached hydrogens (tertiary/aromatic N) is 1. The van der Waals surface area contributed by atoms with E-state index in [0.717, 1.165) is 0 Å². The highest BCUT2D eigenvalue weighted by molar-refractivity contribution is 9.24. The lowest BCUT2D eigenvalue weighted by Crippen LogP contribution is -2.31. The van der Waals surface area contributed by atoms with Crippen LogP contribution in [0, 0.1) is 0 Å². The first-order valence-electron chi connectivity index (χ1n) is 4.29. The predicted molar refractivity (Wildman–Crippen MR) is 56.6 cm³/mol. The maximum atomic E-state index is 3.49. The summed E-state index contributed by atoms with van der Waals surface area (Å²) in [6.45, 7) is 3.86. The molecule has 1 nitrogen and oxygen atoms in total. The largest absolute Gasteiger partial charge is 0.303 e. The molecule has 0 bridgehead atoms. The summed E-state index contributed by atoms with van der Waals surface area (Å²) in [7, 11) is 0. The number of hydrogen-bond donors (Lipinski definition) is 0. The van der Waals surface area contributed by atoms with Gasteiger partial charge < -0.3 is 4.90 Å². The summed E-state index contributed by atoms with van der Waals surface area (Å²) in [4.78, 5) is 2.55. The van der Waals surface area contributed by atoms with Gasteiger partial charge >= 0.3 is 0 Å². The molecule has 0 spiro atoms. The van der Waals surface area contributed by atoms with Crippen LogP contribution in [0.2, 0.25) is 0 Å². The number of halogens is 2. The molecular formula is C8H15Br2N. The van der Waals surface area contributed by atoms with Crippen molar-refractivity contribution in [3.05, 3.63) is 0 Å². The lowest BCUT2D eigenvalue weighted by atomic mass is 10.1. The molecule has 1 aliphatic rings. The standard InChI is InChI=1S/C8H15Br2N/c9-8(10)4-7-11-5-2-1-3-6-11/h8H,1-7H2. The van der Waals surface area contributed by atoms with Gasteiger partial charge in [-0.2, -0.15) is 0 Å². The van der Waals surface area contributed by atoms with E-state index in [9.17, 15) is 0 Å². The zero-order chi connectivity index (χ0) is 8.10. The monoisotopic (exact) mass is 283 g/mol. The molecule has 1 rings (SSSR count). The summed E-state index contributed by atoms with van der Waals surface area (Å²) in [6.07, 6.45) is 5.44. The Morgan fingerprint density at radius 3 is 2.27 bits per heavy atom. The molecule has 1 saturated heterocycles. The van der Waals surface area contributed by atoms with Gasteiger partial charge in [-0.15, -0.1) is 0 Å². The Morgan fingerprint density at radius 1 is 1.09 bits per heavy atom. The van der Waals surface area contributed by atoms with Gasteiger partial charge in [0, 0.05) is 6.54 Å². The summed E-state index contributed by atoms with van der Waals surface area (Å²) in [6, 6.07) is 0. The van der Waals surface area contributed by atoms with Crippen molar-refractivity contribution in [2.45, 2.75) is 29.4 Å². The smallest absolute Gasteiger partial charge is 0.0710 e. The first kappa shape index (κ1) is 10.0. The average Bonchev–Trinajstić information content (AvgIpc) is 2.03. The fraction of sp³-hybridized carbons (Fsp3) is 1.00. The van der Waals surface area contributed by atoms with E-state index in [1.165, 1.54) is 45.3 Å². The Labute approximate surface area is 85.8 Å². The van der Waals surface area contributed by atoms with Crippen LogP contribution in [0.4, 0.5) is 0 Å².